The average molecular weight is 304 g/mol. The van der Waals surface area contributed by atoms with Crippen molar-refractivity contribution in [3.05, 3.63) is 83.6 Å². The van der Waals surface area contributed by atoms with E-state index in [0.717, 1.165) is 24.6 Å². The lowest BCUT2D eigenvalue weighted by molar-refractivity contribution is 0.780. The van der Waals surface area contributed by atoms with Gasteiger partial charge in [-0.3, -0.25) is 0 Å². The van der Waals surface area contributed by atoms with Crippen molar-refractivity contribution in [2.45, 2.75) is 20.0 Å². The molecule has 0 spiro atoms. The first-order chi connectivity index (χ1) is 11.2. The van der Waals surface area contributed by atoms with E-state index in [2.05, 4.69) is 63.4 Å². The van der Waals surface area contributed by atoms with Crippen molar-refractivity contribution in [2.24, 2.45) is 0 Å². The van der Waals surface area contributed by atoms with Crippen molar-refractivity contribution in [3.63, 3.8) is 0 Å². The van der Waals surface area contributed by atoms with Gasteiger partial charge in [0.2, 0.25) is 5.95 Å². The summed E-state index contributed by atoms with van der Waals surface area (Å²) < 4.78 is 0. The molecule has 0 fully saturated rings. The van der Waals surface area contributed by atoms with E-state index in [4.69, 9.17) is 5.73 Å². The molecule has 0 unspecified atom stereocenters. The second kappa shape index (κ2) is 6.92. The SMILES string of the molecule is Cc1cc(N(Cc2ccccc2)Cc2ccccc2)nc(N)n1. The maximum absolute atomic E-state index is 5.84. The summed E-state index contributed by atoms with van der Waals surface area (Å²) in [4.78, 5) is 10.8. The highest BCUT2D eigenvalue weighted by Crippen LogP contribution is 2.19. The minimum atomic E-state index is 0.311. The molecular weight excluding hydrogens is 284 g/mol. The highest BCUT2D eigenvalue weighted by molar-refractivity contribution is 5.45. The molecule has 116 valence electrons. The van der Waals surface area contributed by atoms with Crippen molar-refractivity contribution >= 4 is 11.8 Å². The number of benzene rings is 2. The number of hydrogen-bond acceptors (Lipinski definition) is 4. The van der Waals surface area contributed by atoms with Gasteiger partial charge in [0.1, 0.15) is 5.82 Å². The Hall–Kier alpha value is -2.88. The molecule has 23 heavy (non-hydrogen) atoms. The van der Waals surface area contributed by atoms with Crippen molar-refractivity contribution in [1.82, 2.24) is 9.97 Å². The Morgan fingerprint density at radius 1 is 0.826 bits per heavy atom. The maximum atomic E-state index is 5.84. The summed E-state index contributed by atoms with van der Waals surface area (Å²) in [6, 6.07) is 22.7. The van der Waals surface area contributed by atoms with Crippen LogP contribution in [0.1, 0.15) is 16.8 Å². The maximum Gasteiger partial charge on any atom is 0.222 e. The van der Waals surface area contributed by atoms with Crippen LogP contribution in [0.2, 0.25) is 0 Å². The van der Waals surface area contributed by atoms with Crippen LogP contribution in [0.25, 0.3) is 0 Å². The van der Waals surface area contributed by atoms with Gasteiger partial charge in [-0.1, -0.05) is 60.7 Å². The Morgan fingerprint density at radius 3 is 1.83 bits per heavy atom. The van der Waals surface area contributed by atoms with Gasteiger partial charge in [0, 0.05) is 24.8 Å². The Bertz CT molecular complexity index is 695. The number of aryl methyl sites for hydroxylation is 1. The lowest BCUT2D eigenvalue weighted by atomic mass is 10.1. The molecule has 0 radical (unpaired) electrons. The summed E-state index contributed by atoms with van der Waals surface area (Å²) in [6.45, 7) is 3.47. The van der Waals surface area contributed by atoms with E-state index in [0.29, 0.717) is 5.95 Å². The molecule has 0 aliphatic carbocycles. The number of nitrogen functional groups attached to an aromatic ring is 1. The Balaban J connectivity index is 1.92. The van der Waals surface area contributed by atoms with Gasteiger partial charge < -0.3 is 10.6 Å². The average Bonchev–Trinajstić information content (AvgIpc) is 2.55. The van der Waals surface area contributed by atoms with Crippen LogP contribution in [0.4, 0.5) is 11.8 Å². The topological polar surface area (TPSA) is 55.0 Å². The lowest BCUT2D eigenvalue weighted by Gasteiger charge is -2.24. The van der Waals surface area contributed by atoms with Gasteiger partial charge in [0.25, 0.3) is 0 Å². The minimum absolute atomic E-state index is 0.311. The highest BCUT2D eigenvalue weighted by Gasteiger charge is 2.11. The number of rotatable bonds is 5. The van der Waals surface area contributed by atoms with Crippen LogP contribution in [-0.4, -0.2) is 9.97 Å². The van der Waals surface area contributed by atoms with E-state index in [1.54, 1.807) is 0 Å². The highest BCUT2D eigenvalue weighted by atomic mass is 15.2. The Labute approximate surface area is 136 Å². The third-order valence-corrected chi connectivity index (χ3v) is 3.61. The third-order valence-electron chi connectivity index (χ3n) is 3.61. The van der Waals surface area contributed by atoms with Gasteiger partial charge in [-0.15, -0.1) is 0 Å². The van der Waals surface area contributed by atoms with Gasteiger partial charge in [-0.25, -0.2) is 4.98 Å². The van der Waals surface area contributed by atoms with Crippen molar-refractivity contribution in [2.75, 3.05) is 10.6 Å². The zero-order valence-electron chi connectivity index (χ0n) is 13.2. The molecule has 0 amide bonds. The van der Waals surface area contributed by atoms with Crippen LogP contribution in [0.5, 0.6) is 0 Å². The molecular formula is C19H20N4. The van der Waals surface area contributed by atoms with Gasteiger partial charge in [-0.05, 0) is 18.1 Å². The number of nitrogens with zero attached hydrogens (tertiary/aromatic N) is 3. The van der Waals surface area contributed by atoms with Crippen LogP contribution in [0.15, 0.2) is 66.7 Å². The summed E-state index contributed by atoms with van der Waals surface area (Å²) in [6.07, 6.45) is 0. The predicted molar refractivity (Wildman–Crippen MR) is 94.0 cm³/mol. The molecule has 2 N–H and O–H groups in total. The number of aromatic nitrogens is 2. The molecule has 2 aromatic carbocycles. The largest absolute Gasteiger partial charge is 0.368 e. The van der Waals surface area contributed by atoms with Gasteiger partial charge in [0.15, 0.2) is 0 Å². The van der Waals surface area contributed by atoms with E-state index >= 15 is 0 Å². The molecule has 3 aromatic rings. The number of nitrogens with two attached hydrogens (primary N) is 1. The van der Waals surface area contributed by atoms with Crippen molar-refractivity contribution in [3.8, 4) is 0 Å². The van der Waals surface area contributed by atoms with E-state index in [-0.39, 0.29) is 0 Å². The third kappa shape index (κ3) is 4.07. The summed E-state index contributed by atoms with van der Waals surface area (Å²) in [5, 5.41) is 0. The minimum Gasteiger partial charge on any atom is -0.368 e. The van der Waals surface area contributed by atoms with Gasteiger partial charge >= 0.3 is 0 Å². The molecule has 4 nitrogen and oxygen atoms in total. The fraction of sp³-hybridized carbons (Fsp3) is 0.158. The second-order valence-electron chi connectivity index (χ2n) is 5.55. The zero-order chi connectivity index (χ0) is 16.1. The van der Waals surface area contributed by atoms with Gasteiger partial charge in [-0.2, -0.15) is 4.98 Å². The zero-order valence-corrected chi connectivity index (χ0v) is 13.2. The standard InChI is InChI=1S/C19H20N4/c1-15-12-18(22-19(20)21-15)23(13-16-8-4-2-5-9-16)14-17-10-6-3-7-11-17/h2-12H,13-14H2,1H3,(H2,20,21,22). The van der Waals surface area contributed by atoms with E-state index in [9.17, 15) is 0 Å². The number of anilines is 2. The normalized spacial score (nSPS) is 10.5. The van der Waals surface area contributed by atoms with Crippen LogP contribution in [-0.2, 0) is 13.1 Å². The molecule has 0 saturated carbocycles. The molecule has 0 atom stereocenters. The summed E-state index contributed by atoms with van der Waals surface area (Å²) in [7, 11) is 0. The summed E-state index contributed by atoms with van der Waals surface area (Å²) in [5.41, 5.74) is 9.18. The first kappa shape index (κ1) is 15.0. The van der Waals surface area contributed by atoms with Crippen LogP contribution in [0.3, 0.4) is 0 Å². The molecule has 1 aromatic heterocycles. The molecule has 0 bridgehead atoms. The second-order valence-corrected chi connectivity index (χ2v) is 5.55. The smallest absolute Gasteiger partial charge is 0.222 e. The summed E-state index contributed by atoms with van der Waals surface area (Å²) in [5.74, 6) is 1.16. The van der Waals surface area contributed by atoms with Crippen LogP contribution < -0.4 is 10.6 Å². The molecule has 0 aliphatic heterocycles. The summed E-state index contributed by atoms with van der Waals surface area (Å²) >= 11 is 0. The number of hydrogen-bond donors (Lipinski definition) is 1. The lowest BCUT2D eigenvalue weighted by Crippen LogP contribution is -2.23. The quantitative estimate of drug-likeness (QED) is 0.783. The molecule has 1 heterocycles. The Kier molecular flexibility index (Phi) is 4.52. The van der Waals surface area contributed by atoms with Crippen LogP contribution in [0, 0.1) is 6.92 Å². The van der Waals surface area contributed by atoms with Crippen molar-refractivity contribution in [1.29, 1.82) is 0 Å². The van der Waals surface area contributed by atoms with E-state index in [1.165, 1.54) is 11.1 Å². The van der Waals surface area contributed by atoms with E-state index < -0.39 is 0 Å². The van der Waals surface area contributed by atoms with Crippen molar-refractivity contribution < 1.29 is 0 Å². The van der Waals surface area contributed by atoms with Gasteiger partial charge in [0.05, 0.1) is 0 Å². The predicted octanol–water partition coefficient (Wildman–Crippen LogP) is 3.57. The van der Waals surface area contributed by atoms with Crippen LogP contribution >= 0.6 is 0 Å². The molecule has 3 rings (SSSR count). The first-order valence-corrected chi connectivity index (χ1v) is 7.64. The molecule has 4 heteroatoms. The fourth-order valence-electron chi connectivity index (χ4n) is 2.56. The Morgan fingerprint density at radius 2 is 1.35 bits per heavy atom. The first-order valence-electron chi connectivity index (χ1n) is 7.64. The fourth-order valence-corrected chi connectivity index (χ4v) is 2.56. The van der Waals surface area contributed by atoms with E-state index in [1.807, 2.05) is 25.1 Å². The molecule has 0 aliphatic rings. The molecule has 0 saturated heterocycles. The monoisotopic (exact) mass is 304 g/mol.